The summed E-state index contributed by atoms with van der Waals surface area (Å²) in [6.45, 7) is -1.10. The number of rotatable bonds is 2. The monoisotopic (exact) mass is 255 g/mol. The number of anilines is 1. The molecule has 0 radical (unpaired) electrons. The van der Waals surface area contributed by atoms with Crippen LogP contribution in [0.3, 0.4) is 0 Å². The molecule has 0 aliphatic carbocycles. The van der Waals surface area contributed by atoms with Crippen LogP contribution >= 0.6 is 34.8 Å². The number of nitrogens with one attached hydrogen (secondary N) is 1. The molecule has 0 aliphatic rings. The molecule has 6 heteroatoms. The molecule has 0 aromatic heterocycles. The maximum absolute atomic E-state index is 11.8. The minimum Gasteiger partial charge on any atom is -0.324 e. The van der Waals surface area contributed by atoms with E-state index in [0.717, 1.165) is 0 Å². The lowest BCUT2D eigenvalue weighted by molar-refractivity contribution is -0.117. The Morgan fingerprint density at radius 2 is 1.79 bits per heavy atom. The van der Waals surface area contributed by atoms with Gasteiger partial charge in [0.05, 0.1) is 15.1 Å². The van der Waals surface area contributed by atoms with Crippen molar-refractivity contribution < 1.29 is 9.18 Å². The molecule has 0 heterocycles. The second kappa shape index (κ2) is 4.82. The van der Waals surface area contributed by atoms with Gasteiger partial charge < -0.3 is 5.32 Å². The van der Waals surface area contributed by atoms with Gasteiger partial charge in [0.1, 0.15) is 0 Å². The van der Waals surface area contributed by atoms with Crippen molar-refractivity contribution in [1.82, 2.24) is 0 Å². The van der Waals surface area contributed by atoms with Gasteiger partial charge in [0, 0.05) is 5.69 Å². The number of carbonyl (C=O) groups is 1. The summed E-state index contributed by atoms with van der Waals surface area (Å²) in [5.74, 6) is -0.764. The highest BCUT2D eigenvalue weighted by Gasteiger charge is 2.07. The van der Waals surface area contributed by atoms with Crippen molar-refractivity contribution in [3.63, 3.8) is 0 Å². The summed E-state index contributed by atoms with van der Waals surface area (Å²) >= 11 is 17.0. The molecule has 1 N–H and O–H groups in total. The van der Waals surface area contributed by atoms with Gasteiger partial charge >= 0.3 is 0 Å². The Labute approximate surface area is 94.9 Å². The van der Waals surface area contributed by atoms with Crippen LogP contribution in [0.15, 0.2) is 12.1 Å². The fourth-order valence-corrected chi connectivity index (χ4v) is 1.42. The zero-order chi connectivity index (χ0) is 10.7. The van der Waals surface area contributed by atoms with Crippen LogP contribution in [-0.4, -0.2) is 12.6 Å². The van der Waals surface area contributed by atoms with Gasteiger partial charge in [0.2, 0.25) is 0 Å². The number of hydrogen-bond donors (Lipinski definition) is 1. The molecule has 0 saturated heterocycles. The Kier molecular flexibility index (Phi) is 3.98. The summed E-state index contributed by atoms with van der Waals surface area (Å²) < 4.78 is 11.8. The first-order valence-electron chi connectivity index (χ1n) is 3.55. The summed E-state index contributed by atoms with van der Waals surface area (Å²) in [5.41, 5.74) is 0.312. The minimum absolute atomic E-state index is 0.201. The average molecular weight is 256 g/mol. The molecule has 0 bridgehead atoms. The smallest absolute Gasteiger partial charge is 0.255 e. The Bertz CT molecular complexity index is 347. The average Bonchev–Trinajstić information content (AvgIpc) is 2.14. The van der Waals surface area contributed by atoms with Crippen molar-refractivity contribution in [1.29, 1.82) is 0 Å². The van der Waals surface area contributed by atoms with Gasteiger partial charge in [-0.1, -0.05) is 34.8 Å². The minimum atomic E-state index is -1.10. The molecule has 1 aromatic rings. The molecule has 1 aromatic carbocycles. The van der Waals surface area contributed by atoms with Gasteiger partial charge in [0.25, 0.3) is 5.91 Å². The summed E-state index contributed by atoms with van der Waals surface area (Å²) in [7, 11) is 0. The number of alkyl halides is 1. The second-order valence-electron chi connectivity index (χ2n) is 2.44. The Morgan fingerprint density at radius 1 is 1.29 bits per heavy atom. The van der Waals surface area contributed by atoms with E-state index in [4.69, 9.17) is 34.8 Å². The van der Waals surface area contributed by atoms with Crippen LogP contribution in [0.1, 0.15) is 0 Å². The van der Waals surface area contributed by atoms with E-state index in [1.165, 1.54) is 12.1 Å². The highest BCUT2D eigenvalue weighted by molar-refractivity contribution is 6.48. The highest BCUT2D eigenvalue weighted by Crippen LogP contribution is 2.32. The maximum Gasteiger partial charge on any atom is 0.255 e. The van der Waals surface area contributed by atoms with E-state index < -0.39 is 12.6 Å². The van der Waals surface area contributed by atoms with Crippen molar-refractivity contribution in [2.45, 2.75) is 0 Å². The predicted molar refractivity (Wildman–Crippen MR) is 56.1 cm³/mol. The van der Waals surface area contributed by atoms with Crippen molar-refractivity contribution >= 4 is 46.4 Å². The van der Waals surface area contributed by atoms with Crippen LogP contribution in [0.5, 0.6) is 0 Å². The quantitative estimate of drug-likeness (QED) is 0.806. The third-order valence-electron chi connectivity index (χ3n) is 1.39. The molecule has 0 aliphatic heterocycles. The number of halogens is 4. The van der Waals surface area contributed by atoms with Crippen molar-refractivity contribution in [3.05, 3.63) is 27.2 Å². The summed E-state index contributed by atoms with van der Waals surface area (Å²) in [6, 6.07) is 2.78. The molecule has 0 spiro atoms. The topological polar surface area (TPSA) is 29.1 Å². The van der Waals surface area contributed by atoms with Crippen LogP contribution in [0, 0.1) is 0 Å². The largest absolute Gasteiger partial charge is 0.324 e. The van der Waals surface area contributed by atoms with Crippen molar-refractivity contribution in [3.8, 4) is 0 Å². The fourth-order valence-electron chi connectivity index (χ4n) is 0.822. The molecule has 0 saturated carbocycles. The molecule has 1 amide bonds. The molecule has 14 heavy (non-hydrogen) atoms. The Morgan fingerprint density at radius 3 is 2.21 bits per heavy atom. The Hall–Kier alpha value is -0.510. The molecule has 2 nitrogen and oxygen atoms in total. The van der Waals surface area contributed by atoms with Gasteiger partial charge in [-0.15, -0.1) is 0 Å². The normalized spacial score (nSPS) is 10.0. The highest BCUT2D eigenvalue weighted by atomic mass is 35.5. The zero-order valence-electron chi connectivity index (χ0n) is 6.78. The molecule has 76 valence electrons. The van der Waals surface area contributed by atoms with Gasteiger partial charge in [-0.05, 0) is 12.1 Å². The van der Waals surface area contributed by atoms with E-state index in [1.54, 1.807) is 0 Å². The lowest BCUT2D eigenvalue weighted by Gasteiger charge is -2.05. The summed E-state index contributed by atoms with van der Waals surface area (Å²) in [6.07, 6.45) is 0. The number of carbonyl (C=O) groups excluding carboxylic acids is 1. The molecular weight excluding hydrogens is 251 g/mol. The molecule has 0 unspecified atom stereocenters. The van der Waals surface area contributed by atoms with Crippen molar-refractivity contribution in [2.75, 3.05) is 12.0 Å². The molecule has 0 atom stereocenters. The summed E-state index contributed by atoms with van der Waals surface area (Å²) in [5, 5.41) is 2.86. The van der Waals surface area contributed by atoms with E-state index in [2.05, 4.69) is 5.32 Å². The van der Waals surface area contributed by atoms with E-state index >= 15 is 0 Å². The summed E-state index contributed by atoms with van der Waals surface area (Å²) in [4.78, 5) is 10.7. The first-order chi connectivity index (χ1) is 6.54. The van der Waals surface area contributed by atoms with E-state index in [1.807, 2.05) is 0 Å². The lowest BCUT2D eigenvalue weighted by Crippen LogP contribution is -2.12. The third kappa shape index (κ3) is 2.74. The lowest BCUT2D eigenvalue weighted by atomic mass is 10.3. The van der Waals surface area contributed by atoms with Crippen LogP contribution < -0.4 is 5.32 Å². The molecular formula is C8H5Cl3FNO. The van der Waals surface area contributed by atoms with Gasteiger partial charge in [-0.25, -0.2) is 4.39 Å². The predicted octanol–water partition coefficient (Wildman–Crippen LogP) is 3.55. The first kappa shape index (κ1) is 11.6. The standard InChI is InChI=1S/C8H5Cl3FNO/c9-5-1-4(13-7(14)3-12)2-6(10)8(5)11/h1-2H,3H2,(H,13,14). The number of amides is 1. The zero-order valence-corrected chi connectivity index (χ0v) is 9.05. The van der Waals surface area contributed by atoms with E-state index in [0.29, 0.717) is 5.69 Å². The second-order valence-corrected chi connectivity index (χ2v) is 3.63. The van der Waals surface area contributed by atoms with Crippen LogP contribution in [0.25, 0.3) is 0 Å². The van der Waals surface area contributed by atoms with Gasteiger partial charge in [-0.3, -0.25) is 4.79 Å². The van der Waals surface area contributed by atoms with Crippen LogP contribution in [-0.2, 0) is 4.79 Å². The number of benzene rings is 1. The van der Waals surface area contributed by atoms with Crippen LogP contribution in [0.4, 0.5) is 10.1 Å². The van der Waals surface area contributed by atoms with Crippen LogP contribution in [0.2, 0.25) is 15.1 Å². The first-order valence-corrected chi connectivity index (χ1v) is 4.68. The van der Waals surface area contributed by atoms with Gasteiger partial charge in [-0.2, -0.15) is 0 Å². The molecule has 0 fully saturated rings. The maximum atomic E-state index is 11.8. The fraction of sp³-hybridized carbons (Fsp3) is 0.125. The number of hydrogen-bond acceptors (Lipinski definition) is 1. The van der Waals surface area contributed by atoms with Crippen molar-refractivity contribution in [2.24, 2.45) is 0 Å². The van der Waals surface area contributed by atoms with E-state index in [9.17, 15) is 9.18 Å². The van der Waals surface area contributed by atoms with E-state index in [-0.39, 0.29) is 15.1 Å². The SMILES string of the molecule is O=C(CF)Nc1cc(Cl)c(Cl)c(Cl)c1. The molecule has 1 rings (SSSR count). The van der Waals surface area contributed by atoms with Gasteiger partial charge in [0.15, 0.2) is 6.67 Å². The Balaban J connectivity index is 2.95. The third-order valence-corrected chi connectivity index (χ3v) is 2.59.